The SMILES string of the molecule is Cc1cccc(Oc2ccc(COc3nc(=O)n(Cc4cnn(C)c4)cc3C)cc2C#N)c1. The van der Waals surface area contributed by atoms with Crippen molar-refractivity contribution < 1.29 is 9.47 Å². The monoisotopic (exact) mass is 441 g/mol. The minimum Gasteiger partial charge on any atom is -0.472 e. The van der Waals surface area contributed by atoms with Crippen LogP contribution in [-0.2, 0) is 20.2 Å². The Balaban J connectivity index is 1.47. The van der Waals surface area contributed by atoms with Crippen molar-refractivity contribution in [1.29, 1.82) is 5.26 Å². The molecule has 0 aliphatic carbocycles. The summed E-state index contributed by atoms with van der Waals surface area (Å²) in [5.74, 6) is 1.40. The fourth-order valence-electron chi connectivity index (χ4n) is 3.39. The molecule has 0 atom stereocenters. The Morgan fingerprint density at radius 1 is 1.09 bits per heavy atom. The van der Waals surface area contributed by atoms with E-state index in [0.717, 1.165) is 22.3 Å². The van der Waals surface area contributed by atoms with Crippen LogP contribution in [-0.4, -0.2) is 19.3 Å². The van der Waals surface area contributed by atoms with Crippen LogP contribution in [0.1, 0.15) is 27.8 Å². The van der Waals surface area contributed by atoms with Crippen LogP contribution < -0.4 is 15.2 Å². The molecule has 0 fully saturated rings. The highest BCUT2D eigenvalue weighted by Crippen LogP contribution is 2.27. The summed E-state index contributed by atoms with van der Waals surface area (Å²) >= 11 is 0. The fraction of sp³-hybridized carbons (Fsp3) is 0.200. The molecule has 0 unspecified atom stereocenters. The van der Waals surface area contributed by atoms with Gasteiger partial charge in [0.05, 0.1) is 18.3 Å². The van der Waals surface area contributed by atoms with Crippen LogP contribution in [0, 0.1) is 25.2 Å². The molecule has 0 bridgehead atoms. The maximum Gasteiger partial charge on any atom is 0.351 e. The third-order valence-corrected chi connectivity index (χ3v) is 5.00. The van der Waals surface area contributed by atoms with E-state index in [1.807, 2.05) is 57.4 Å². The Hall–Kier alpha value is -4.38. The van der Waals surface area contributed by atoms with Gasteiger partial charge in [-0.25, -0.2) is 4.79 Å². The van der Waals surface area contributed by atoms with E-state index in [0.29, 0.717) is 23.6 Å². The second-order valence-corrected chi connectivity index (χ2v) is 7.81. The second-order valence-electron chi connectivity index (χ2n) is 7.81. The molecule has 2 aromatic heterocycles. The number of nitriles is 1. The molecule has 33 heavy (non-hydrogen) atoms. The molecule has 0 amide bonds. The van der Waals surface area contributed by atoms with Crippen LogP contribution in [0.4, 0.5) is 0 Å². The Bertz CT molecular complexity index is 1400. The van der Waals surface area contributed by atoms with Crippen molar-refractivity contribution in [3.8, 4) is 23.4 Å². The summed E-state index contributed by atoms with van der Waals surface area (Å²) in [4.78, 5) is 16.5. The van der Waals surface area contributed by atoms with E-state index < -0.39 is 5.69 Å². The summed E-state index contributed by atoms with van der Waals surface area (Å²) in [5.41, 5.74) is 3.48. The van der Waals surface area contributed by atoms with Gasteiger partial charge >= 0.3 is 5.69 Å². The molecule has 4 rings (SSSR count). The van der Waals surface area contributed by atoms with Crippen molar-refractivity contribution in [2.45, 2.75) is 27.0 Å². The van der Waals surface area contributed by atoms with E-state index in [1.54, 1.807) is 29.2 Å². The molecular weight excluding hydrogens is 418 g/mol. The highest BCUT2D eigenvalue weighted by Gasteiger charge is 2.11. The van der Waals surface area contributed by atoms with Crippen molar-refractivity contribution in [2.75, 3.05) is 0 Å². The topological polar surface area (TPSA) is 95.0 Å². The maximum absolute atomic E-state index is 12.4. The first-order valence-corrected chi connectivity index (χ1v) is 10.4. The highest BCUT2D eigenvalue weighted by molar-refractivity contribution is 5.47. The predicted molar refractivity (Wildman–Crippen MR) is 122 cm³/mol. The van der Waals surface area contributed by atoms with Crippen LogP contribution in [0.3, 0.4) is 0 Å². The standard InChI is InChI=1S/C25H23N5O3/c1-17-5-4-6-22(9-17)33-23-8-7-19(10-21(23)11-26)16-32-24-18(2)13-30(25(31)28-24)15-20-12-27-29(3)14-20/h4-10,12-14H,15-16H2,1-3H3. The third kappa shape index (κ3) is 5.28. The third-order valence-electron chi connectivity index (χ3n) is 5.00. The number of benzene rings is 2. The van der Waals surface area contributed by atoms with E-state index in [1.165, 1.54) is 4.57 Å². The molecule has 8 nitrogen and oxygen atoms in total. The summed E-state index contributed by atoms with van der Waals surface area (Å²) in [7, 11) is 1.83. The Morgan fingerprint density at radius 2 is 1.94 bits per heavy atom. The lowest BCUT2D eigenvalue weighted by Crippen LogP contribution is -2.24. The quantitative estimate of drug-likeness (QED) is 0.432. The summed E-state index contributed by atoms with van der Waals surface area (Å²) in [6, 6.07) is 15.1. The first-order chi connectivity index (χ1) is 15.9. The highest BCUT2D eigenvalue weighted by atomic mass is 16.5. The van der Waals surface area contributed by atoms with Gasteiger partial charge in [0.1, 0.15) is 24.2 Å². The number of aryl methyl sites for hydroxylation is 3. The molecule has 0 N–H and O–H groups in total. The minimum absolute atomic E-state index is 0.166. The van der Waals surface area contributed by atoms with Crippen molar-refractivity contribution in [3.05, 3.63) is 99.4 Å². The molecule has 2 aromatic carbocycles. The zero-order valence-electron chi connectivity index (χ0n) is 18.6. The summed E-state index contributed by atoms with van der Waals surface area (Å²) in [5, 5.41) is 13.7. The largest absolute Gasteiger partial charge is 0.472 e. The molecule has 2 heterocycles. The average molecular weight is 441 g/mol. The number of hydrogen-bond acceptors (Lipinski definition) is 6. The Kier molecular flexibility index (Phi) is 6.22. The average Bonchev–Trinajstić information content (AvgIpc) is 3.20. The van der Waals surface area contributed by atoms with Gasteiger partial charge in [-0.1, -0.05) is 18.2 Å². The molecule has 8 heteroatoms. The van der Waals surface area contributed by atoms with E-state index >= 15 is 0 Å². The van der Waals surface area contributed by atoms with Gasteiger partial charge in [0, 0.05) is 30.6 Å². The van der Waals surface area contributed by atoms with Gasteiger partial charge in [0.25, 0.3) is 0 Å². The predicted octanol–water partition coefficient (Wildman–Crippen LogP) is 3.88. The van der Waals surface area contributed by atoms with Gasteiger partial charge in [0.2, 0.25) is 5.88 Å². The lowest BCUT2D eigenvalue weighted by Gasteiger charge is -2.12. The van der Waals surface area contributed by atoms with Crippen LogP contribution in [0.2, 0.25) is 0 Å². The van der Waals surface area contributed by atoms with Gasteiger partial charge in [-0.15, -0.1) is 0 Å². The minimum atomic E-state index is -0.404. The molecule has 0 spiro atoms. The van der Waals surface area contributed by atoms with Gasteiger partial charge in [-0.3, -0.25) is 9.25 Å². The van der Waals surface area contributed by atoms with Gasteiger partial charge in [0.15, 0.2) is 0 Å². The van der Waals surface area contributed by atoms with Crippen molar-refractivity contribution in [2.24, 2.45) is 7.05 Å². The number of ether oxygens (including phenoxy) is 2. The number of rotatable bonds is 7. The van der Waals surface area contributed by atoms with Crippen LogP contribution in [0.15, 0.2) is 65.8 Å². The van der Waals surface area contributed by atoms with Gasteiger partial charge < -0.3 is 9.47 Å². The molecule has 0 aliphatic rings. The van der Waals surface area contributed by atoms with Crippen molar-refractivity contribution >= 4 is 0 Å². The maximum atomic E-state index is 12.4. The summed E-state index contributed by atoms with van der Waals surface area (Å²) in [6.07, 6.45) is 5.29. The first-order valence-electron chi connectivity index (χ1n) is 10.4. The molecule has 0 aliphatic heterocycles. The van der Waals surface area contributed by atoms with E-state index in [4.69, 9.17) is 9.47 Å². The molecule has 4 aromatic rings. The number of nitrogens with zero attached hydrogens (tertiary/aromatic N) is 5. The Labute approximate surface area is 191 Å². The normalized spacial score (nSPS) is 10.6. The lowest BCUT2D eigenvalue weighted by atomic mass is 10.1. The second kappa shape index (κ2) is 9.40. The van der Waals surface area contributed by atoms with E-state index in [9.17, 15) is 10.1 Å². The van der Waals surface area contributed by atoms with Gasteiger partial charge in [-0.05, 0) is 49.2 Å². The summed E-state index contributed by atoms with van der Waals surface area (Å²) < 4.78 is 14.9. The number of aromatic nitrogens is 4. The molecule has 0 saturated carbocycles. The van der Waals surface area contributed by atoms with Crippen molar-refractivity contribution in [3.63, 3.8) is 0 Å². The molecule has 0 saturated heterocycles. The van der Waals surface area contributed by atoms with E-state index in [2.05, 4.69) is 16.2 Å². The molecule has 0 radical (unpaired) electrons. The van der Waals surface area contributed by atoms with Crippen LogP contribution in [0.25, 0.3) is 0 Å². The smallest absolute Gasteiger partial charge is 0.351 e. The molecular formula is C25H23N5O3. The first kappa shape index (κ1) is 21.8. The fourth-order valence-corrected chi connectivity index (χ4v) is 3.39. The lowest BCUT2D eigenvalue weighted by molar-refractivity contribution is 0.288. The van der Waals surface area contributed by atoms with Crippen LogP contribution >= 0.6 is 0 Å². The number of hydrogen-bond donors (Lipinski definition) is 0. The summed E-state index contributed by atoms with van der Waals surface area (Å²) in [6.45, 7) is 4.36. The van der Waals surface area contributed by atoms with Crippen LogP contribution in [0.5, 0.6) is 17.4 Å². The van der Waals surface area contributed by atoms with Crippen molar-refractivity contribution in [1.82, 2.24) is 19.3 Å². The van der Waals surface area contributed by atoms with E-state index in [-0.39, 0.29) is 12.5 Å². The molecule has 166 valence electrons. The zero-order chi connectivity index (χ0) is 23.4. The Morgan fingerprint density at radius 3 is 2.67 bits per heavy atom. The zero-order valence-corrected chi connectivity index (χ0v) is 18.6. The van der Waals surface area contributed by atoms with Gasteiger partial charge in [-0.2, -0.15) is 15.3 Å².